The molecule has 0 amide bonds. The summed E-state index contributed by atoms with van der Waals surface area (Å²) in [7, 11) is 0. The zero-order valence-corrected chi connectivity index (χ0v) is 13.7. The molecule has 0 radical (unpaired) electrons. The van der Waals surface area contributed by atoms with Gasteiger partial charge in [0.1, 0.15) is 5.03 Å². The van der Waals surface area contributed by atoms with Gasteiger partial charge >= 0.3 is 5.97 Å². The first-order valence-corrected chi connectivity index (χ1v) is 8.24. The number of nitrogens with zero attached hydrogens (tertiary/aromatic N) is 4. The van der Waals surface area contributed by atoms with Crippen molar-refractivity contribution < 1.29 is 9.53 Å². The molecule has 2 aromatic heterocycles. The minimum Gasteiger partial charge on any atom is -0.465 e. The number of rotatable bonds is 5. The van der Waals surface area contributed by atoms with E-state index in [-0.39, 0.29) is 11.7 Å². The number of carbonyl (C=O) groups excluding carboxylic acids is 1. The number of esters is 1. The van der Waals surface area contributed by atoms with E-state index >= 15 is 0 Å². The zero-order chi connectivity index (χ0) is 16.2. The van der Waals surface area contributed by atoms with Crippen molar-refractivity contribution >= 4 is 23.4 Å². The maximum atomic E-state index is 11.4. The van der Waals surface area contributed by atoms with E-state index in [4.69, 9.17) is 4.74 Å². The molecule has 0 N–H and O–H groups in total. The maximum absolute atomic E-state index is 11.4. The monoisotopic (exact) mass is 328 g/mol. The Bertz CT molecular complexity index is 830. The topological polar surface area (TPSA) is 69.4 Å². The van der Waals surface area contributed by atoms with Gasteiger partial charge in [-0.15, -0.1) is 10.2 Å². The van der Waals surface area contributed by atoms with E-state index in [0.717, 1.165) is 10.6 Å². The maximum Gasteiger partial charge on any atom is 0.316 e. The summed E-state index contributed by atoms with van der Waals surface area (Å²) in [5.74, 6) is 0.662. The third-order valence-electron chi connectivity index (χ3n) is 3.19. The molecule has 23 heavy (non-hydrogen) atoms. The van der Waals surface area contributed by atoms with Crippen LogP contribution in [0.1, 0.15) is 12.5 Å². The van der Waals surface area contributed by atoms with E-state index in [1.807, 2.05) is 43.3 Å². The van der Waals surface area contributed by atoms with Crippen molar-refractivity contribution in [3.63, 3.8) is 0 Å². The first-order chi connectivity index (χ1) is 11.2. The normalized spacial score (nSPS) is 10.9. The summed E-state index contributed by atoms with van der Waals surface area (Å²) in [6, 6.07) is 11.7. The molecule has 0 aliphatic carbocycles. The van der Waals surface area contributed by atoms with E-state index in [2.05, 4.69) is 15.3 Å². The molecule has 0 bridgehead atoms. The van der Waals surface area contributed by atoms with Crippen molar-refractivity contribution in [3.05, 3.63) is 42.0 Å². The van der Waals surface area contributed by atoms with Crippen LogP contribution < -0.4 is 0 Å². The van der Waals surface area contributed by atoms with E-state index in [1.54, 1.807) is 11.4 Å². The molecular formula is C16H16N4O2S. The quantitative estimate of drug-likeness (QED) is 0.530. The summed E-state index contributed by atoms with van der Waals surface area (Å²) in [6.07, 6.45) is 0. The summed E-state index contributed by atoms with van der Waals surface area (Å²) in [5.41, 5.74) is 2.80. The molecule has 6 nitrogen and oxygen atoms in total. The fourth-order valence-corrected chi connectivity index (χ4v) is 2.72. The second-order valence-electron chi connectivity index (χ2n) is 4.92. The Morgan fingerprint density at radius 1 is 1.17 bits per heavy atom. The molecular weight excluding hydrogens is 312 g/mol. The van der Waals surface area contributed by atoms with Gasteiger partial charge in [0.2, 0.25) is 0 Å². The largest absolute Gasteiger partial charge is 0.465 e. The van der Waals surface area contributed by atoms with Crippen molar-refractivity contribution in [1.29, 1.82) is 0 Å². The molecule has 2 heterocycles. The number of fused-ring (bicyclic) bond motifs is 1. The lowest BCUT2D eigenvalue weighted by Crippen LogP contribution is -2.07. The molecule has 3 aromatic rings. The molecule has 0 unspecified atom stereocenters. The molecule has 0 spiro atoms. The number of hydrogen-bond acceptors (Lipinski definition) is 6. The summed E-state index contributed by atoms with van der Waals surface area (Å²) in [6.45, 7) is 4.21. The molecule has 0 saturated carbocycles. The molecule has 0 fully saturated rings. The van der Waals surface area contributed by atoms with Gasteiger partial charge < -0.3 is 4.74 Å². The number of thioether (sulfide) groups is 1. The average Bonchev–Trinajstić information content (AvgIpc) is 2.97. The van der Waals surface area contributed by atoms with Crippen LogP contribution >= 0.6 is 11.8 Å². The zero-order valence-electron chi connectivity index (χ0n) is 12.9. The van der Waals surface area contributed by atoms with E-state index < -0.39 is 0 Å². The van der Waals surface area contributed by atoms with Gasteiger partial charge in [-0.2, -0.15) is 9.61 Å². The van der Waals surface area contributed by atoms with Crippen molar-refractivity contribution in [2.24, 2.45) is 0 Å². The van der Waals surface area contributed by atoms with Crippen LogP contribution in [-0.2, 0) is 9.53 Å². The van der Waals surface area contributed by atoms with Crippen LogP contribution in [0.5, 0.6) is 0 Å². The van der Waals surface area contributed by atoms with Crippen LogP contribution in [-0.4, -0.2) is 38.1 Å². The summed E-state index contributed by atoms with van der Waals surface area (Å²) >= 11 is 1.33. The molecule has 0 aliphatic rings. The van der Waals surface area contributed by atoms with Crippen molar-refractivity contribution in [1.82, 2.24) is 19.8 Å². The lowest BCUT2D eigenvalue weighted by atomic mass is 10.1. The fourth-order valence-electron chi connectivity index (χ4n) is 2.07. The van der Waals surface area contributed by atoms with Gasteiger partial charge in [0.15, 0.2) is 11.5 Å². The summed E-state index contributed by atoms with van der Waals surface area (Å²) in [4.78, 5) is 11.4. The van der Waals surface area contributed by atoms with Crippen LogP contribution in [0.4, 0.5) is 0 Å². The van der Waals surface area contributed by atoms with Gasteiger partial charge in [0.05, 0.1) is 12.4 Å². The third-order valence-corrected chi connectivity index (χ3v) is 4.08. The Morgan fingerprint density at radius 2 is 1.96 bits per heavy atom. The Hall–Kier alpha value is -2.41. The van der Waals surface area contributed by atoms with Crippen molar-refractivity contribution in [2.45, 2.75) is 18.9 Å². The van der Waals surface area contributed by atoms with Crippen LogP contribution in [0.3, 0.4) is 0 Å². The Balaban J connectivity index is 1.88. The number of hydrogen-bond donors (Lipinski definition) is 0. The Kier molecular flexibility index (Phi) is 4.57. The molecule has 0 atom stereocenters. The highest BCUT2D eigenvalue weighted by atomic mass is 32.2. The molecule has 1 aromatic carbocycles. The van der Waals surface area contributed by atoms with E-state index in [1.165, 1.54) is 17.3 Å². The Morgan fingerprint density at radius 3 is 2.70 bits per heavy atom. The number of ether oxygens (including phenoxy) is 1. The molecule has 0 saturated heterocycles. The lowest BCUT2D eigenvalue weighted by Gasteiger charge is -2.03. The van der Waals surface area contributed by atoms with Crippen molar-refractivity contribution in [3.8, 4) is 11.4 Å². The Labute approximate surface area is 137 Å². The van der Waals surface area contributed by atoms with E-state index in [0.29, 0.717) is 18.1 Å². The minimum atomic E-state index is -0.248. The third kappa shape index (κ3) is 3.50. The number of benzene rings is 1. The minimum absolute atomic E-state index is 0.230. The van der Waals surface area contributed by atoms with Crippen LogP contribution in [0.2, 0.25) is 0 Å². The fraction of sp³-hybridized carbons (Fsp3) is 0.250. The van der Waals surface area contributed by atoms with Crippen LogP contribution in [0.25, 0.3) is 17.0 Å². The molecule has 118 valence electrons. The van der Waals surface area contributed by atoms with Crippen molar-refractivity contribution in [2.75, 3.05) is 12.4 Å². The number of aryl methyl sites for hydroxylation is 1. The van der Waals surface area contributed by atoms with Gasteiger partial charge in [-0.05, 0) is 26.0 Å². The highest BCUT2D eigenvalue weighted by Crippen LogP contribution is 2.21. The van der Waals surface area contributed by atoms with E-state index in [9.17, 15) is 4.79 Å². The average molecular weight is 328 g/mol. The second kappa shape index (κ2) is 6.78. The highest BCUT2D eigenvalue weighted by molar-refractivity contribution is 7.99. The molecule has 3 rings (SSSR count). The second-order valence-corrected chi connectivity index (χ2v) is 5.92. The number of carbonyl (C=O) groups is 1. The first kappa shape index (κ1) is 15.5. The SMILES string of the molecule is CCOC(=O)CSc1ccc2nnc(-c3ccc(C)cc3)n2n1. The first-order valence-electron chi connectivity index (χ1n) is 7.25. The van der Waals surface area contributed by atoms with Gasteiger partial charge in [-0.25, -0.2) is 0 Å². The highest BCUT2D eigenvalue weighted by Gasteiger charge is 2.11. The van der Waals surface area contributed by atoms with Gasteiger partial charge in [0, 0.05) is 5.56 Å². The summed E-state index contributed by atoms with van der Waals surface area (Å²) < 4.78 is 6.61. The van der Waals surface area contributed by atoms with Gasteiger partial charge in [-0.1, -0.05) is 41.6 Å². The molecule has 7 heteroatoms. The lowest BCUT2D eigenvalue weighted by molar-refractivity contribution is -0.139. The van der Waals surface area contributed by atoms with Gasteiger partial charge in [0.25, 0.3) is 0 Å². The predicted molar refractivity (Wildman–Crippen MR) is 88.3 cm³/mol. The molecule has 0 aliphatic heterocycles. The predicted octanol–water partition coefficient (Wildman–Crippen LogP) is 2.75. The van der Waals surface area contributed by atoms with Crippen LogP contribution in [0, 0.1) is 6.92 Å². The smallest absolute Gasteiger partial charge is 0.316 e. The van der Waals surface area contributed by atoms with Gasteiger partial charge in [-0.3, -0.25) is 4.79 Å². The van der Waals surface area contributed by atoms with Crippen LogP contribution in [0.15, 0.2) is 41.4 Å². The standard InChI is InChI=1S/C16H16N4O2S/c1-3-22-15(21)10-23-14-9-8-13-17-18-16(20(13)19-14)12-6-4-11(2)5-7-12/h4-9H,3,10H2,1-2H3. The summed E-state index contributed by atoms with van der Waals surface area (Å²) in [5, 5.41) is 13.6. The number of aromatic nitrogens is 4.